The molecule has 0 saturated carbocycles. The highest BCUT2D eigenvalue weighted by Crippen LogP contribution is 2.20. The van der Waals surface area contributed by atoms with E-state index in [9.17, 15) is 4.39 Å². The van der Waals surface area contributed by atoms with Crippen LogP contribution >= 0.6 is 0 Å². The summed E-state index contributed by atoms with van der Waals surface area (Å²) in [5.74, 6) is 0.481. The summed E-state index contributed by atoms with van der Waals surface area (Å²) >= 11 is 0. The fourth-order valence-corrected chi connectivity index (χ4v) is 4.28. The molecule has 7 nitrogen and oxygen atoms in total. The Kier molecular flexibility index (Phi) is 6.78. The van der Waals surface area contributed by atoms with Gasteiger partial charge in [0.05, 0.1) is 18.7 Å². The maximum absolute atomic E-state index is 14.8. The highest BCUT2D eigenvalue weighted by Gasteiger charge is 2.36. The van der Waals surface area contributed by atoms with Crippen molar-refractivity contribution in [3.05, 3.63) is 77.4 Å². The summed E-state index contributed by atoms with van der Waals surface area (Å²) < 4.78 is 21.8. The maximum atomic E-state index is 14.8. The predicted molar refractivity (Wildman–Crippen MR) is 109 cm³/mol. The number of hydrogen-bond donors (Lipinski definition) is 2. The van der Waals surface area contributed by atoms with Crippen LogP contribution in [-0.2, 0) is 17.8 Å². The van der Waals surface area contributed by atoms with Gasteiger partial charge in [-0.05, 0) is 22.6 Å². The molecule has 4 rings (SSSR count). The van der Waals surface area contributed by atoms with Crippen LogP contribution in [0.15, 0.2) is 54.6 Å². The van der Waals surface area contributed by atoms with Crippen molar-refractivity contribution in [2.24, 2.45) is 0 Å². The average molecular weight is 413 g/mol. The molecule has 0 aliphatic carbocycles. The standard InChI is InChI=1S/C22H27FN6O/c1-30-16-15-29-22(24-25-26-29)21(19-9-5-6-10-20(19)23)28-13-11-27(12-14-28)17-18-7-3-2-4-8-18/h2-10,21H,11-17H2,1H3/p+2/t21-/m1/s1. The highest BCUT2D eigenvalue weighted by molar-refractivity contribution is 5.24. The van der Waals surface area contributed by atoms with Crippen LogP contribution in [0.3, 0.4) is 0 Å². The van der Waals surface area contributed by atoms with E-state index in [1.54, 1.807) is 22.8 Å². The van der Waals surface area contributed by atoms with Crippen LogP contribution in [0.25, 0.3) is 0 Å². The minimum absolute atomic E-state index is 0.213. The fourth-order valence-electron chi connectivity index (χ4n) is 4.28. The summed E-state index contributed by atoms with van der Waals surface area (Å²) in [5.41, 5.74) is 2.00. The van der Waals surface area contributed by atoms with Crippen molar-refractivity contribution in [2.75, 3.05) is 39.9 Å². The Morgan fingerprint density at radius 3 is 2.50 bits per heavy atom. The van der Waals surface area contributed by atoms with Crippen LogP contribution < -0.4 is 9.80 Å². The lowest BCUT2D eigenvalue weighted by Crippen LogP contribution is -3.27. The van der Waals surface area contributed by atoms with Gasteiger partial charge in [-0.15, -0.1) is 5.10 Å². The molecule has 1 saturated heterocycles. The van der Waals surface area contributed by atoms with Crippen LogP contribution in [0.1, 0.15) is 23.0 Å². The molecule has 2 aromatic carbocycles. The van der Waals surface area contributed by atoms with Gasteiger partial charge in [0.15, 0.2) is 6.04 Å². The zero-order valence-corrected chi connectivity index (χ0v) is 17.3. The normalized spacial score (nSPS) is 20.2. The third-order valence-electron chi connectivity index (χ3n) is 5.85. The largest absolute Gasteiger partial charge is 0.383 e. The van der Waals surface area contributed by atoms with E-state index in [0.717, 1.165) is 32.7 Å². The molecule has 0 radical (unpaired) electrons. The average Bonchev–Trinajstić information content (AvgIpc) is 3.24. The lowest BCUT2D eigenvalue weighted by molar-refractivity contribution is -1.03. The van der Waals surface area contributed by atoms with E-state index in [4.69, 9.17) is 4.74 Å². The van der Waals surface area contributed by atoms with E-state index in [0.29, 0.717) is 24.5 Å². The molecule has 2 N–H and O–H groups in total. The first kappa shape index (κ1) is 20.6. The summed E-state index contributed by atoms with van der Waals surface area (Å²) in [5, 5.41) is 12.3. The van der Waals surface area contributed by atoms with E-state index in [-0.39, 0.29) is 11.9 Å². The number of benzene rings is 2. The molecule has 0 unspecified atom stereocenters. The summed E-state index contributed by atoms with van der Waals surface area (Å²) in [6.45, 7) is 5.97. The zero-order chi connectivity index (χ0) is 20.8. The third kappa shape index (κ3) is 4.72. The number of halogens is 1. The van der Waals surface area contributed by atoms with Crippen molar-refractivity contribution in [3.63, 3.8) is 0 Å². The first-order valence-corrected chi connectivity index (χ1v) is 10.5. The van der Waals surface area contributed by atoms with Crippen molar-refractivity contribution in [1.82, 2.24) is 20.2 Å². The first-order chi connectivity index (χ1) is 14.8. The van der Waals surface area contributed by atoms with Crippen LogP contribution in [0.5, 0.6) is 0 Å². The number of piperazine rings is 1. The van der Waals surface area contributed by atoms with Gasteiger partial charge < -0.3 is 14.5 Å². The number of rotatable bonds is 8. The Morgan fingerprint density at radius 2 is 1.77 bits per heavy atom. The molecule has 1 aliphatic rings. The van der Waals surface area contributed by atoms with Crippen LogP contribution in [0.4, 0.5) is 4.39 Å². The second kappa shape index (κ2) is 9.88. The zero-order valence-electron chi connectivity index (χ0n) is 17.3. The Hall–Kier alpha value is -2.68. The molecule has 1 aromatic heterocycles. The molecule has 1 fully saturated rings. The van der Waals surface area contributed by atoms with Gasteiger partial charge in [-0.3, -0.25) is 0 Å². The van der Waals surface area contributed by atoms with Gasteiger partial charge in [-0.25, -0.2) is 9.07 Å². The van der Waals surface area contributed by atoms with Gasteiger partial charge in [0.25, 0.3) is 0 Å². The number of nitrogens with one attached hydrogen (secondary N) is 2. The minimum atomic E-state index is -0.240. The Balaban J connectivity index is 1.54. The number of aromatic nitrogens is 4. The smallest absolute Gasteiger partial charge is 0.214 e. The molecule has 3 aromatic rings. The van der Waals surface area contributed by atoms with Crippen molar-refractivity contribution in [3.8, 4) is 0 Å². The van der Waals surface area contributed by atoms with Gasteiger partial charge in [-0.2, -0.15) is 0 Å². The number of methoxy groups -OCH3 is 1. The van der Waals surface area contributed by atoms with E-state index in [1.165, 1.54) is 16.5 Å². The Labute approximate surface area is 176 Å². The van der Waals surface area contributed by atoms with Crippen molar-refractivity contribution < 1.29 is 18.9 Å². The number of hydrogen-bond acceptors (Lipinski definition) is 4. The first-order valence-electron chi connectivity index (χ1n) is 10.5. The highest BCUT2D eigenvalue weighted by atomic mass is 19.1. The summed E-state index contributed by atoms with van der Waals surface area (Å²) in [4.78, 5) is 2.85. The van der Waals surface area contributed by atoms with E-state index >= 15 is 0 Å². The van der Waals surface area contributed by atoms with E-state index < -0.39 is 0 Å². The molecular weight excluding hydrogens is 383 g/mol. The Morgan fingerprint density at radius 1 is 1.03 bits per heavy atom. The second-order valence-electron chi connectivity index (χ2n) is 7.78. The topological polar surface area (TPSA) is 61.7 Å². The fraction of sp³-hybridized carbons (Fsp3) is 0.409. The number of tetrazole rings is 1. The SMILES string of the molecule is COCCn1nnnc1[C@@H](c1ccccc1F)[NH+]1CC[NH+](Cc2ccccc2)CC1. The lowest BCUT2D eigenvalue weighted by Gasteiger charge is -2.34. The monoisotopic (exact) mass is 412 g/mol. The van der Waals surface area contributed by atoms with Crippen LogP contribution in [-0.4, -0.2) is 60.1 Å². The van der Waals surface area contributed by atoms with E-state index in [2.05, 4.69) is 39.8 Å². The van der Waals surface area contributed by atoms with Gasteiger partial charge in [-0.1, -0.05) is 42.5 Å². The second-order valence-corrected chi connectivity index (χ2v) is 7.78. The Bertz CT molecular complexity index is 926. The minimum Gasteiger partial charge on any atom is -0.383 e. The molecule has 1 aliphatic heterocycles. The van der Waals surface area contributed by atoms with Gasteiger partial charge in [0, 0.05) is 12.7 Å². The van der Waals surface area contributed by atoms with Gasteiger partial charge in [0.1, 0.15) is 38.5 Å². The molecule has 2 heterocycles. The number of quaternary nitrogens is 2. The quantitative estimate of drug-likeness (QED) is 0.525. The number of ether oxygens (including phenoxy) is 1. The molecular formula is C22H29FN6O+2. The summed E-state index contributed by atoms with van der Waals surface area (Å²) in [6.07, 6.45) is 0. The molecule has 0 amide bonds. The number of nitrogens with zero attached hydrogens (tertiary/aromatic N) is 4. The summed E-state index contributed by atoms with van der Waals surface area (Å²) in [6, 6.07) is 17.3. The van der Waals surface area contributed by atoms with Gasteiger partial charge in [0.2, 0.25) is 5.82 Å². The van der Waals surface area contributed by atoms with Crippen molar-refractivity contribution in [2.45, 2.75) is 19.1 Å². The maximum Gasteiger partial charge on any atom is 0.214 e. The molecule has 0 spiro atoms. The van der Waals surface area contributed by atoms with E-state index in [1.807, 2.05) is 18.2 Å². The van der Waals surface area contributed by atoms with Crippen molar-refractivity contribution >= 4 is 0 Å². The van der Waals surface area contributed by atoms with Crippen LogP contribution in [0, 0.1) is 5.82 Å². The molecule has 0 bridgehead atoms. The summed E-state index contributed by atoms with van der Waals surface area (Å²) in [7, 11) is 1.65. The lowest BCUT2D eigenvalue weighted by atomic mass is 10.0. The molecule has 158 valence electrons. The predicted octanol–water partition coefficient (Wildman–Crippen LogP) is -0.468. The molecule has 30 heavy (non-hydrogen) atoms. The van der Waals surface area contributed by atoms with Crippen molar-refractivity contribution in [1.29, 1.82) is 0 Å². The molecule has 1 atom stereocenters. The molecule has 8 heteroatoms. The van der Waals surface area contributed by atoms with Gasteiger partial charge >= 0.3 is 0 Å². The van der Waals surface area contributed by atoms with Crippen LogP contribution in [0.2, 0.25) is 0 Å². The third-order valence-corrected chi connectivity index (χ3v) is 5.85.